The second kappa shape index (κ2) is 15.9. The summed E-state index contributed by atoms with van der Waals surface area (Å²) in [6.07, 6.45) is 5.64. The summed E-state index contributed by atoms with van der Waals surface area (Å²) in [6.45, 7) is 8.57. The number of hydrogen-bond acceptors (Lipinski definition) is 11. The van der Waals surface area contributed by atoms with Crippen molar-refractivity contribution in [3.05, 3.63) is 41.5 Å². The van der Waals surface area contributed by atoms with Crippen LogP contribution in [-0.2, 0) is 51.7 Å². The van der Waals surface area contributed by atoms with Gasteiger partial charge in [-0.05, 0) is 82.6 Å². The zero-order valence-corrected chi connectivity index (χ0v) is 33.2. The number of allylic oxidation sites excluding steroid dienone is 1. The topological polar surface area (TPSA) is 193 Å². The largest absolute Gasteiger partial charge is 0.444 e. The molecule has 5 amide bonds. The monoisotopic (exact) mass is 798 g/mol. The third-order valence-corrected chi connectivity index (χ3v) is 13.2. The first-order valence-electron chi connectivity index (χ1n) is 19.9. The molecule has 0 aromatic heterocycles. The molecule has 7 rings (SSSR count). The number of nitrogens with zero attached hydrogens (tertiary/aromatic N) is 3. The van der Waals surface area contributed by atoms with Gasteiger partial charge in [0.1, 0.15) is 29.3 Å². The van der Waals surface area contributed by atoms with Gasteiger partial charge in [0.2, 0.25) is 21.8 Å². The van der Waals surface area contributed by atoms with Gasteiger partial charge in [-0.2, -0.15) is 0 Å². The fourth-order valence-corrected chi connectivity index (χ4v) is 9.41. The molecule has 16 nitrogen and oxygen atoms in total. The quantitative estimate of drug-likeness (QED) is 0.359. The molecule has 4 aliphatic heterocycles. The highest BCUT2D eigenvalue weighted by Crippen LogP contribution is 2.46. The van der Waals surface area contributed by atoms with E-state index in [1.54, 1.807) is 25.7 Å². The van der Waals surface area contributed by atoms with Crippen molar-refractivity contribution in [3.8, 4) is 0 Å². The maximum atomic E-state index is 14.4. The van der Waals surface area contributed by atoms with Crippen molar-refractivity contribution in [1.29, 1.82) is 0 Å². The number of benzene rings is 1. The number of hydrogen-bond donors (Lipinski definition) is 3. The van der Waals surface area contributed by atoms with Crippen LogP contribution in [0.2, 0.25) is 0 Å². The number of ether oxygens (including phenoxy) is 3. The Labute approximate surface area is 328 Å². The molecule has 2 saturated heterocycles. The van der Waals surface area contributed by atoms with Crippen LogP contribution in [0.25, 0.3) is 0 Å². The lowest BCUT2D eigenvalue weighted by atomic mass is 10.0. The van der Waals surface area contributed by atoms with E-state index in [1.807, 2.05) is 24.3 Å². The van der Waals surface area contributed by atoms with Crippen molar-refractivity contribution >= 4 is 45.6 Å². The lowest BCUT2D eigenvalue weighted by molar-refractivity contribution is -0.141. The van der Waals surface area contributed by atoms with Gasteiger partial charge in [-0.3, -0.25) is 24.0 Å². The number of rotatable bonds is 6. The van der Waals surface area contributed by atoms with Gasteiger partial charge >= 0.3 is 12.2 Å². The summed E-state index contributed by atoms with van der Waals surface area (Å²) in [5, 5.41) is 4.91. The van der Waals surface area contributed by atoms with Crippen LogP contribution in [0.15, 0.2) is 30.4 Å². The SMILES string of the molecule is CC(C)(C)OC(=O)N[C@H]1CCCCCC=C[C@@H]2C[C@@]2(C(=O)NS(=O)(=O)C2CC2)NC(=O)[C@@H]2C[C@@H](OC(=O)N3Cc4ccc(N5CCOCC5)cc4C3)CN2C1=O. The van der Waals surface area contributed by atoms with Gasteiger partial charge in [-0.25, -0.2) is 18.0 Å². The molecule has 4 heterocycles. The number of anilines is 1. The molecule has 306 valence electrons. The van der Waals surface area contributed by atoms with Crippen molar-refractivity contribution in [3.63, 3.8) is 0 Å². The Morgan fingerprint density at radius 2 is 1.75 bits per heavy atom. The average Bonchev–Trinajstić information content (AvgIpc) is 4.03. The molecule has 1 aromatic carbocycles. The lowest BCUT2D eigenvalue weighted by Crippen LogP contribution is -2.58. The third kappa shape index (κ3) is 9.09. The summed E-state index contributed by atoms with van der Waals surface area (Å²) in [6, 6.07) is 3.92. The molecular weight excluding hydrogens is 745 g/mol. The predicted octanol–water partition coefficient (Wildman–Crippen LogP) is 2.84. The van der Waals surface area contributed by atoms with Crippen molar-refractivity contribution in [2.75, 3.05) is 37.7 Å². The normalized spacial score (nSPS) is 28.5. The molecule has 4 fully saturated rings. The lowest BCUT2D eigenvalue weighted by Gasteiger charge is -2.30. The van der Waals surface area contributed by atoms with Crippen LogP contribution in [-0.4, -0.2) is 116 Å². The molecule has 3 N–H and O–H groups in total. The van der Waals surface area contributed by atoms with Crippen LogP contribution in [0.3, 0.4) is 0 Å². The minimum Gasteiger partial charge on any atom is -0.444 e. The second-order valence-corrected chi connectivity index (χ2v) is 18.8. The summed E-state index contributed by atoms with van der Waals surface area (Å²) in [5.74, 6) is -2.49. The number of carbonyl (C=O) groups is 5. The van der Waals surface area contributed by atoms with Gasteiger partial charge in [0.25, 0.3) is 5.91 Å². The van der Waals surface area contributed by atoms with Crippen LogP contribution in [0, 0.1) is 5.92 Å². The second-order valence-electron chi connectivity index (χ2n) is 16.9. The van der Waals surface area contributed by atoms with Crippen molar-refractivity contribution in [2.24, 2.45) is 5.92 Å². The Bertz CT molecular complexity index is 1860. The number of nitrogens with one attached hydrogen (secondary N) is 3. The zero-order valence-electron chi connectivity index (χ0n) is 32.4. The van der Waals surface area contributed by atoms with E-state index in [0.717, 1.165) is 42.7 Å². The van der Waals surface area contributed by atoms with E-state index >= 15 is 0 Å². The number of sulfonamides is 1. The number of alkyl carbamates (subject to hydrolysis) is 1. The minimum atomic E-state index is -3.91. The van der Waals surface area contributed by atoms with E-state index in [9.17, 15) is 32.4 Å². The van der Waals surface area contributed by atoms with Gasteiger partial charge < -0.3 is 34.6 Å². The molecule has 5 atom stereocenters. The van der Waals surface area contributed by atoms with Crippen LogP contribution in [0.5, 0.6) is 0 Å². The van der Waals surface area contributed by atoms with Gasteiger partial charge in [-0.15, -0.1) is 0 Å². The smallest absolute Gasteiger partial charge is 0.410 e. The standard InChI is InChI=1S/C39H54N6O10S/c1-38(2,3)55-36(49)40-31-10-8-6-4-5-7-9-27-21-39(27,35(48)42-56(51,52)30-13-14-30)41-33(46)32-20-29(24-45(32)34(31)47)54-37(50)44-22-25-11-12-28(19-26(25)23-44)43-15-17-53-18-16-43/h7,9,11-12,19,27,29-32H,4-6,8,10,13-18,20-24H2,1-3H3,(H,40,49)(H,41,46)(H,42,48)/t27-,29-,31+,32+,39-/m1/s1. The van der Waals surface area contributed by atoms with E-state index in [0.29, 0.717) is 52.0 Å². The van der Waals surface area contributed by atoms with Crippen molar-refractivity contribution < 1.29 is 46.6 Å². The molecular formula is C39H54N6O10S. The summed E-state index contributed by atoms with van der Waals surface area (Å²) < 4.78 is 44.8. The maximum absolute atomic E-state index is 14.4. The molecule has 0 unspecified atom stereocenters. The fourth-order valence-electron chi connectivity index (χ4n) is 8.04. The summed E-state index contributed by atoms with van der Waals surface area (Å²) in [4.78, 5) is 74.2. The third-order valence-electron chi connectivity index (χ3n) is 11.3. The van der Waals surface area contributed by atoms with Gasteiger partial charge in [-0.1, -0.05) is 31.1 Å². The highest BCUT2D eigenvalue weighted by atomic mass is 32.2. The Kier molecular flexibility index (Phi) is 11.3. The summed E-state index contributed by atoms with van der Waals surface area (Å²) in [5.41, 5.74) is 0.720. The van der Waals surface area contributed by atoms with E-state index < -0.39 is 80.4 Å². The van der Waals surface area contributed by atoms with Crippen LogP contribution in [0.4, 0.5) is 15.3 Å². The summed E-state index contributed by atoms with van der Waals surface area (Å²) in [7, 11) is -3.91. The number of amides is 5. The van der Waals surface area contributed by atoms with E-state index in [-0.39, 0.29) is 25.8 Å². The zero-order chi connectivity index (χ0) is 39.8. The van der Waals surface area contributed by atoms with Crippen molar-refractivity contribution in [2.45, 2.75) is 126 Å². The molecule has 6 aliphatic rings. The maximum Gasteiger partial charge on any atom is 0.410 e. The minimum absolute atomic E-state index is 0.0665. The van der Waals surface area contributed by atoms with Crippen LogP contribution < -0.4 is 20.3 Å². The predicted molar refractivity (Wildman–Crippen MR) is 204 cm³/mol. The Morgan fingerprint density at radius 3 is 2.48 bits per heavy atom. The highest BCUT2D eigenvalue weighted by Gasteiger charge is 2.62. The Morgan fingerprint density at radius 1 is 1.00 bits per heavy atom. The average molecular weight is 799 g/mol. The van der Waals surface area contributed by atoms with E-state index in [2.05, 4.69) is 26.3 Å². The molecule has 2 aliphatic carbocycles. The molecule has 0 bridgehead atoms. The molecule has 0 radical (unpaired) electrons. The van der Waals surface area contributed by atoms with Gasteiger partial charge in [0, 0.05) is 44.2 Å². The summed E-state index contributed by atoms with van der Waals surface area (Å²) >= 11 is 0. The van der Waals surface area contributed by atoms with Gasteiger partial charge in [0.15, 0.2) is 0 Å². The Hall–Kier alpha value is -4.38. The molecule has 0 spiro atoms. The molecule has 17 heteroatoms. The molecule has 1 aromatic rings. The highest BCUT2D eigenvalue weighted by molar-refractivity contribution is 7.91. The van der Waals surface area contributed by atoms with E-state index in [4.69, 9.17) is 14.2 Å². The van der Waals surface area contributed by atoms with Crippen LogP contribution in [0.1, 0.15) is 89.7 Å². The van der Waals surface area contributed by atoms with Gasteiger partial charge in [0.05, 0.1) is 25.0 Å². The number of carbonyl (C=O) groups excluding carboxylic acids is 5. The first kappa shape index (κ1) is 39.8. The Balaban J connectivity index is 1.10. The van der Waals surface area contributed by atoms with Crippen LogP contribution >= 0.6 is 0 Å². The first-order valence-corrected chi connectivity index (χ1v) is 21.4. The number of morpholine rings is 1. The fraction of sp³-hybridized carbons (Fsp3) is 0.667. The molecule has 56 heavy (non-hydrogen) atoms. The van der Waals surface area contributed by atoms with E-state index in [1.165, 1.54) is 4.90 Å². The molecule has 2 saturated carbocycles. The first-order chi connectivity index (χ1) is 26.6. The number of fused-ring (bicyclic) bond motifs is 3. The van der Waals surface area contributed by atoms with Crippen molar-refractivity contribution in [1.82, 2.24) is 25.2 Å².